The summed E-state index contributed by atoms with van der Waals surface area (Å²) in [7, 11) is 0. The van der Waals surface area contributed by atoms with Gasteiger partial charge in [-0.3, -0.25) is 0 Å². The van der Waals surface area contributed by atoms with Gasteiger partial charge in [0.15, 0.2) is 4.67 Å². The average molecular weight is 328 g/mol. The molecule has 1 aliphatic heterocycles. The molecule has 2 heterocycles. The number of benzene rings is 1. The van der Waals surface area contributed by atoms with E-state index in [1.807, 2.05) is 18.2 Å². The van der Waals surface area contributed by atoms with Crippen LogP contribution in [0, 0.1) is 0 Å². The molecular formula is C14H12BrClO2. The van der Waals surface area contributed by atoms with Crippen LogP contribution in [0.1, 0.15) is 28.5 Å². The maximum Gasteiger partial charge on any atom is 0.173 e. The highest BCUT2D eigenvalue weighted by atomic mass is 79.9. The van der Waals surface area contributed by atoms with E-state index in [9.17, 15) is 0 Å². The topological polar surface area (TPSA) is 22.4 Å². The minimum Gasteiger partial charge on any atom is -0.493 e. The Hall–Kier alpha value is -0.930. The van der Waals surface area contributed by atoms with Crippen molar-refractivity contribution < 1.29 is 9.15 Å². The van der Waals surface area contributed by atoms with Crippen LogP contribution in [0.4, 0.5) is 0 Å². The predicted molar refractivity (Wildman–Crippen MR) is 74.4 cm³/mol. The molecule has 0 spiro atoms. The lowest BCUT2D eigenvalue weighted by molar-refractivity contribution is 0.288. The maximum absolute atomic E-state index is 6.49. The second-order valence-electron chi connectivity index (χ2n) is 4.33. The van der Waals surface area contributed by atoms with Crippen LogP contribution in [0.25, 0.3) is 0 Å². The highest BCUT2D eigenvalue weighted by molar-refractivity contribution is 9.10. The van der Waals surface area contributed by atoms with Gasteiger partial charge >= 0.3 is 0 Å². The maximum atomic E-state index is 6.49. The number of alkyl halides is 1. The molecule has 1 atom stereocenters. The van der Waals surface area contributed by atoms with Crippen LogP contribution in [0.3, 0.4) is 0 Å². The van der Waals surface area contributed by atoms with Gasteiger partial charge in [-0.05, 0) is 52.0 Å². The summed E-state index contributed by atoms with van der Waals surface area (Å²) in [6, 6.07) is 8.04. The Bertz CT molecular complexity index is 565. The molecule has 1 aromatic heterocycles. The van der Waals surface area contributed by atoms with Gasteiger partial charge in [-0.15, -0.1) is 11.6 Å². The molecule has 18 heavy (non-hydrogen) atoms. The molecule has 0 saturated carbocycles. The van der Waals surface area contributed by atoms with E-state index >= 15 is 0 Å². The van der Waals surface area contributed by atoms with E-state index < -0.39 is 0 Å². The van der Waals surface area contributed by atoms with Gasteiger partial charge in [0.05, 0.1) is 18.2 Å². The van der Waals surface area contributed by atoms with Crippen molar-refractivity contribution in [1.82, 2.24) is 0 Å². The third-order valence-electron chi connectivity index (χ3n) is 3.14. The first-order valence-electron chi connectivity index (χ1n) is 5.88. The molecular weight excluding hydrogens is 316 g/mol. The van der Waals surface area contributed by atoms with Gasteiger partial charge in [-0.1, -0.05) is 12.1 Å². The van der Waals surface area contributed by atoms with E-state index in [0.717, 1.165) is 36.3 Å². The largest absolute Gasteiger partial charge is 0.493 e. The van der Waals surface area contributed by atoms with Crippen molar-refractivity contribution in [2.75, 3.05) is 6.61 Å². The predicted octanol–water partition coefficient (Wildman–Crippen LogP) is 4.70. The number of rotatable bonds is 2. The highest BCUT2D eigenvalue weighted by Gasteiger charge is 2.18. The normalized spacial score (nSPS) is 15.9. The van der Waals surface area contributed by atoms with Gasteiger partial charge in [0.1, 0.15) is 5.75 Å². The Labute approximate surface area is 119 Å². The summed E-state index contributed by atoms with van der Waals surface area (Å²) in [6.45, 7) is 0.809. The van der Waals surface area contributed by atoms with Crippen molar-refractivity contribution in [3.8, 4) is 5.75 Å². The summed E-state index contributed by atoms with van der Waals surface area (Å²) in [5.74, 6) is 0.986. The van der Waals surface area contributed by atoms with Crippen LogP contribution >= 0.6 is 27.5 Å². The van der Waals surface area contributed by atoms with E-state index in [1.54, 1.807) is 6.26 Å². The number of hydrogen-bond donors (Lipinski definition) is 0. The quantitative estimate of drug-likeness (QED) is 0.746. The van der Waals surface area contributed by atoms with Crippen LogP contribution in [-0.4, -0.2) is 6.61 Å². The smallest absolute Gasteiger partial charge is 0.173 e. The van der Waals surface area contributed by atoms with Crippen molar-refractivity contribution in [2.45, 2.75) is 18.2 Å². The average Bonchev–Trinajstić information content (AvgIpc) is 2.83. The Balaban J connectivity index is 1.95. The SMILES string of the molecule is ClC(c1ccc2c(c1)CCCO2)c1ccoc1Br. The second kappa shape index (κ2) is 4.98. The fraction of sp³-hybridized carbons (Fsp3) is 0.286. The summed E-state index contributed by atoms with van der Waals surface area (Å²) >= 11 is 9.85. The van der Waals surface area contributed by atoms with E-state index in [-0.39, 0.29) is 5.38 Å². The lowest BCUT2D eigenvalue weighted by Crippen LogP contribution is -2.08. The third-order valence-corrected chi connectivity index (χ3v) is 4.28. The Morgan fingerprint density at radius 2 is 2.17 bits per heavy atom. The van der Waals surface area contributed by atoms with Crippen molar-refractivity contribution in [2.24, 2.45) is 0 Å². The minimum absolute atomic E-state index is 0.203. The highest BCUT2D eigenvalue weighted by Crippen LogP contribution is 2.37. The van der Waals surface area contributed by atoms with Gasteiger partial charge < -0.3 is 9.15 Å². The number of halogens is 2. The van der Waals surface area contributed by atoms with Crippen LogP contribution < -0.4 is 4.74 Å². The first-order chi connectivity index (χ1) is 8.75. The molecule has 1 aromatic carbocycles. The van der Waals surface area contributed by atoms with E-state index in [1.165, 1.54) is 5.56 Å². The zero-order valence-electron chi connectivity index (χ0n) is 9.66. The third kappa shape index (κ3) is 2.17. The van der Waals surface area contributed by atoms with Gasteiger partial charge in [0.25, 0.3) is 0 Å². The zero-order valence-corrected chi connectivity index (χ0v) is 12.0. The van der Waals surface area contributed by atoms with Crippen molar-refractivity contribution in [1.29, 1.82) is 0 Å². The van der Waals surface area contributed by atoms with Gasteiger partial charge in [-0.25, -0.2) is 0 Å². The van der Waals surface area contributed by atoms with E-state index in [0.29, 0.717) is 4.67 Å². The van der Waals surface area contributed by atoms with Crippen LogP contribution in [0.2, 0.25) is 0 Å². The molecule has 1 aliphatic rings. The summed E-state index contributed by atoms with van der Waals surface area (Å²) in [5.41, 5.74) is 3.26. The van der Waals surface area contributed by atoms with E-state index in [4.69, 9.17) is 20.8 Å². The Morgan fingerprint density at radius 3 is 2.94 bits per heavy atom. The molecule has 0 N–H and O–H groups in total. The molecule has 0 radical (unpaired) electrons. The summed E-state index contributed by atoms with van der Waals surface area (Å²) in [4.78, 5) is 0. The molecule has 2 aromatic rings. The lowest BCUT2D eigenvalue weighted by atomic mass is 10.00. The molecule has 94 valence electrons. The van der Waals surface area contributed by atoms with Gasteiger partial charge in [0, 0.05) is 5.56 Å². The molecule has 3 rings (SSSR count). The number of aryl methyl sites for hydroxylation is 1. The number of ether oxygens (including phenoxy) is 1. The van der Waals surface area contributed by atoms with Crippen molar-refractivity contribution in [3.63, 3.8) is 0 Å². The molecule has 0 saturated heterocycles. The summed E-state index contributed by atoms with van der Waals surface area (Å²) in [6.07, 6.45) is 3.76. The first-order valence-corrected chi connectivity index (χ1v) is 7.11. The molecule has 1 unspecified atom stereocenters. The summed E-state index contributed by atoms with van der Waals surface area (Å²) < 4.78 is 11.5. The molecule has 4 heteroatoms. The van der Waals surface area contributed by atoms with Crippen molar-refractivity contribution >= 4 is 27.5 Å². The fourth-order valence-electron chi connectivity index (χ4n) is 2.20. The Morgan fingerprint density at radius 1 is 1.28 bits per heavy atom. The van der Waals surface area contributed by atoms with Crippen molar-refractivity contribution in [3.05, 3.63) is 51.9 Å². The molecule has 0 fully saturated rings. The van der Waals surface area contributed by atoms with Crippen LogP contribution in [-0.2, 0) is 6.42 Å². The fourth-order valence-corrected chi connectivity index (χ4v) is 3.11. The second-order valence-corrected chi connectivity index (χ2v) is 5.49. The lowest BCUT2D eigenvalue weighted by Gasteiger charge is -2.19. The van der Waals surface area contributed by atoms with Crippen LogP contribution in [0.15, 0.2) is 39.6 Å². The molecule has 0 bridgehead atoms. The van der Waals surface area contributed by atoms with E-state index in [2.05, 4.69) is 22.0 Å². The molecule has 0 amide bonds. The minimum atomic E-state index is -0.203. The standard InChI is InChI=1S/C14H12BrClO2/c15-14-11(5-7-18-14)13(16)10-3-4-12-9(8-10)2-1-6-17-12/h3-5,7-8,13H,1-2,6H2. The Kier molecular flexibility index (Phi) is 3.35. The number of hydrogen-bond acceptors (Lipinski definition) is 2. The number of fused-ring (bicyclic) bond motifs is 1. The zero-order chi connectivity index (χ0) is 12.5. The van der Waals surface area contributed by atoms with Gasteiger partial charge in [-0.2, -0.15) is 0 Å². The van der Waals surface area contributed by atoms with Crippen LogP contribution in [0.5, 0.6) is 5.75 Å². The number of furan rings is 1. The molecule has 0 aliphatic carbocycles. The first kappa shape index (κ1) is 12.1. The monoisotopic (exact) mass is 326 g/mol. The molecule has 2 nitrogen and oxygen atoms in total. The van der Waals surface area contributed by atoms with Gasteiger partial charge in [0.2, 0.25) is 0 Å². The summed E-state index contributed by atoms with van der Waals surface area (Å²) in [5, 5.41) is -0.203.